The zero-order valence-corrected chi connectivity index (χ0v) is 15.1. The van der Waals surface area contributed by atoms with E-state index in [1.54, 1.807) is 12.1 Å². The first-order chi connectivity index (χ1) is 13.2. The van der Waals surface area contributed by atoms with Gasteiger partial charge in [-0.25, -0.2) is 9.97 Å². The monoisotopic (exact) mass is 378 g/mol. The van der Waals surface area contributed by atoms with E-state index in [1.807, 2.05) is 35.7 Å². The highest BCUT2D eigenvalue weighted by molar-refractivity contribution is 7.17. The first kappa shape index (κ1) is 16.9. The van der Waals surface area contributed by atoms with Gasteiger partial charge in [-0.2, -0.15) is 0 Å². The van der Waals surface area contributed by atoms with Gasteiger partial charge in [0.15, 0.2) is 5.75 Å². The molecule has 2 heterocycles. The first-order valence-electron chi connectivity index (χ1n) is 8.04. The summed E-state index contributed by atoms with van der Waals surface area (Å²) in [6.45, 7) is 0. The normalized spacial score (nSPS) is 10.7. The lowest BCUT2D eigenvalue weighted by atomic mass is 10.1. The zero-order chi connectivity index (χ0) is 18.8. The molecule has 0 aliphatic heterocycles. The number of ether oxygens (including phenoxy) is 1. The summed E-state index contributed by atoms with van der Waals surface area (Å²) in [6.07, 6.45) is 1.48. The molecule has 0 amide bonds. The molecule has 2 aromatic heterocycles. The van der Waals surface area contributed by atoms with E-state index in [9.17, 15) is 10.1 Å². The van der Waals surface area contributed by atoms with Crippen LogP contribution in [0.2, 0.25) is 0 Å². The number of hydrogen-bond acceptors (Lipinski definition) is 7. The number of thiophene rings is 1. The quantitative estimate of drug-likeness (QED) is 0.387. The van der Waals surface area contributed by atoms with Gasteiger partial charge in [-0.15, -0.1) is 11.3 Å². The van der Waals surface area contributed by atoms with Crippen LogP contribution in [0.4, 0.5) is 17.2 Å². The first-order valence-corrected chi connectivity index (χ1v) is 8.92. The molecule has 27 heavy (non-hydrogen) atoms. The highest BCUT2D eigenvalue weighted by Gasteiger charge is 2.17. The summed E-state index contributed by atoms with van der Waals surface area (Å²) in [6, 6.07) is 14.7. The third kappa shape index (κ3) is 3.18. The van der Waals surface area contributed by atoms with E-state index in [1.165, 1.54) is 30.8 Å². The van der Waals surface area contributed by atoms with E-state index < -0.39 is 4.92 Å². The van der Waals surface area contributed by atoms with E-state index in [0.717, 1.165) is 21.3 Å². The van der Waals surface area contributed by atoms with Crippen molar-refractivity contribution in [1.29, 1.82) is 0 Å². The van der Waals surface area contributed by atoms with Crippen LogP contribution in [0, 0.1) is 10.1 Å². The Hall–Kier alpha value is -3.52. The Labute approximate surface area is 158 Å². The number of fused-ring (bicyclic) bond motifs is 1. The van der Waals surface area contributed by atoms with Crippen molar-refractivity contribution < 1.29 is 9.66 Å². The number of methoxy groups -OCH3 is 1. The predicted molar refractivity (Wildman–Crippen MR) is 106 cm³/mol. The minimum atomic E-state index is -0.473. The summed E-state index contributed by atoms with van der Waals surface area (Å²) in [4.78, 5) is 20.3. The fraction of sp³-hybridized carbons (Fsp3) is 0.0526. The molecule has 0 atom stereocenters. The summed E-state index contributed by atoms with van der Waals surface area (Å²) in [5.41, 5.74) is 2.51. The van der Waals surface area contributed by atoms with Gasteiger partial charge in [0.05, 0.1) is 17.4 Å². The van der Waals surface area contributed by atoms with Crippen LogP contribution in [-0.2, 0) is 0 Å². The third-order valence-electron chi connectivity index (χ3n) is 4.09. The van der Waals surface area contributed by atoms with Crippen molar-refractivity contribution in [2.45, 2.75) is 0 Å². The Bertz CT molecular complexity index is 1130. The third-order valence-corrected chi connectivity index (χ3v) is 4.98. The smallest absolute Gasteiger partial charge is 0.312 e. The van der Waals surface area contributed by atoms with Crippen LogP contribution in [0.25, 0.3) is 21.3 Å². The zero-order valence-electron chi connectivity index (χ0n) is 14.2. The predicted octanol–water partition coefficient (Wildman–Crippen LogP) is 5.02. The van der Waals surface area contributed by atoms with Gasteiger partial charge < -0.3 is 10.1 Å². The van der Waals surface area contributed by atoms with Gasteiger partial charge in [0.25, 0.3) is 0 Å². The Morgan fingerprint density at radius 2 is 1.96 bits per heavy atom. The van der Waals surface area contributed by atoms with Crippen molar-refractivity contribution in [3.8, 4) is 16.9 Å². The molecule has 0 saturated carbocycles. The molecule has 7 nitrogen and oxygen atoms in total. The SMILES string of the molecule is COc1ccc(Nc2ncnc3scc(-c4ccccc4)c23)cc1[N+](=O)[O-]. The van der Waals surface area contributed by atoms with Gasteiger partial charge in [-0.3, -0.25) is 10.1 Å². The molecule has 0 spiro atoms. The van der Waals surface area contributed by atoms with Crippen molar-refractivity contribution in [2.75, 3.05) is 12.4 Å². The molecule has 8 heteroatoms. The maximum absolute atomic E-state index is 11.3. The van der Waals surface area contributed by atoms with Crippen LogP contribution in [0.15, 0.2) is 60.2 Å². The molecule has 0 fully saturated rings. The average Bonchev–Trinajstić information content (AvgIpc) is 3.14. The highest BCUT2D eigenvalue weighted by atomic mass is 32.1. The molecule has 2 aromatic carbocycles. The van der Waals surface area contributed by atoms with Crippen molar-refractivity contribution in [2.24, 2.45) is 0 Å². The van der Waals surface area contributed by atoms with Crippen LogP contribution in [0.3, 0.4) is 0 Å². The molecule has 4 aromatic rings. The standard InChI is InChI=1S/C19H14N4O3S/c1-26-16-8-7-13(9-15(16)23(24)25)22-18-17-14(12-5-3-2-4-6-12)10-27-19(17)21-11-20-18/h2-11H,1H3,(H,20,21,22). The van der Waals surface area contributed by atoms with Crippen LogP contribution < -0.4 is 10.1 Å². The second kappa shape index (κ2) is 7.00. The number of benzene rings is 2. The second-order valence-electron chi connectivity index (χ2n) is 5.69. The van der Waals surface area contributed by atoms with Gasteiger partial charge in [-0.05, 0) is 17.7 Å². The number of anilines is 2. The average molecular weight is 378 g/mol. The molecule has 4 rings (SSSR count). The second-order valence-corrected chi connectivity index (χ2v) is 6.54. The minimum absolute atomic E-state index is 0.110. The fourth-order valence-corrected chi connectivity index (χ4v) is 3.76. The molecule has 0 radical (unpaired) electrons. The number of aromatic nitrogens is 2. The summed E-state index contributed by atoms with van der Waals surface area (Å²) in [7, 11) is 1.40. The lowest BCUT2D eigenvalue weighted by Crippen LogP contribution is -1.98. The maximum atomic E-state index is 11.3. The molecule has 0 aliphatic rings. The van der Waals surface area contributed by atoms with E-state index in [4.69, 9.17) is 4.74 Å². The maximum Gasteiger partial charge on any atom is 0.312 e. The highest BCUT2D eigenvalue weighted by Crippen LogP contribution is 2.38. The summed E-state index contributed by atoms with van der Waals surface area (Å²) in [5, 5.41) is 17.4. The van der Waals surface area contributed by atoms with Crippen LogP contribution >= 0.6 is 11.3 Å². The van der Waals surface area contributed by atoms with Crippen LogP contribution in [-0.4, -0.2) is 22.0 Å². The number of hydrogen-bond donors (Lipinski definition) is 1. The Morgan fingerprint density at radius 3 is 2.70 bits per heavy atom. The largest absolute Gasteiger partial charge is 0.490 e. The fourth-order valence-electron chi connectivity index (χ4n) is 2.85. The molecule has 0 bridgehead atoms. The van der Waals surface area contributed by atoms with E-state index in [0.29, 0.717) is 11.5 Å². The Balaban J connectivity index is 1.80. The van der Waals surface area contributed by atoms with Gasteiger partial charge >= 0.3 is 5.69 Å². The van der Waals surface area contributed by atoms with E-state index in [-0.39, 0.29) is 11.4 Å². The molecular weight excluding hydrogens is 364 g/mol. The van der Waals surface area contributed by atoms with Crippen LogP contribution in [0.1, 0.15) is 0 Å². The summed E-state index contributed by atoms with van der Waals surface area (Å²) < 4.78 is 5.05. The molecule has 1 N–H and O–H groups in total. The molecule has 0 aliphatic carbocycles. The molecule has 0 saturated heterocycles. The number of nitrogens with zero attached hydrogens (tertiary/aromatic N) is 3. The molecule has 0 unspecified atom stereocenters. The van der Waals surface area contributed by atoms with Gasteiger partial charge in [0.2, 0.25) is 0 Å². The van der Waals surface area contributed by atoms with E-state index in [2.05, 4.69) is 15.3 Å². The number of nitro benzene ring substituents is 1. The van der Waals surface area contributed by atoms with E-state index >= 15 is 0 Å². The topological polar surface area (TPSA) is 90.2 Å². The lowest BCUT2D eigenvalue weighted by molar-refractivity contribution is -0.385. The Kier molecular flexibility index (Phi) is 4.39. The van der Waals surface area contributed by atoms with Crippen molar-refractivity contribution >= 4 is 38.7 Å². The number of rotatable bonds is 5. The van der Waals surface area contributed by atoms with Gasteiger partial charge in [-0.1, -0.05) is 30.3 Å². The summed E-state index contributed by atoms with van der Waals surface area (Å²) >= 11 is 1.53. The number of nitrogens with one attached hydrogen (secondary N) is 1. The van der Waals surface area contributed by atoms with Crippen LogP contribution in [0.5, 0.6) is 5.75 Å². The molecule has 134 valence electrons. The molecular formula is C19H14N4O3S. The van der Waals surface area contributed by atoms with Crippen molar-refractivity contribution in [1.82, 2.24) is 9.97 Å². The minimum Gasteiger partial charge on any atom is -0.490 e. The van der Waals surface area contributed by atoms with Gasteiger partial charge in [0.1, 0.15) is 17.0 Å². The van der Waals surface area contributed by atoms with Gasteiger partial charge in [0, 0.05) is 22.7 Å². The Morgan fingerprint density at radius 1 is 1.15 bits per heavy atom. The van der Waals surface area contributed by atoms with Crippen molar-refractivity contribution in [3.05, 3.63) is 70.4 Å². The number of nitro groups is 1. The summed E-state index contributed by atoms with van der Waals surface area (Å²) in [5.74, 6) is 0.804. The lowest BCUT2D eigenvalue weighted by Gasteiger charge is -2.09. The van der Waals surface area contributed by atoms with Crippen molar-refractivity contribution in [3.63, 3.8) is 0 Å².